The van der Waals surface area contributed by atoms with Gasteiger partial charge in [-0.05, 0) is 98.8 Å². The summed E-state index contributed by atoms with van der Waals surface area (Å²) in [7, 11) is 0. The maximum Gasteiger partial charge on any atom is 0.227 e. The molecule has 2 aliphatic carbocycles. The minimum atomic E-state index is 0.109. The monoisotopic (exact) mass is 553 g/mol. The van der Waals surface area contributed by atoms with Crippen molar-refractivity contribution in [3.63, 3.8) is 0 Å². The number of benzene rings is 1. The average Bonchev–Trinajstić information content (AvgIpc) is 3.41. The maximum atomic E-state index is 13.2. The van der Waals surface area contributed by atoms with Gasteiger partial charge in [0.1, 0.15) is 0 Å². The number of hydrogen-bond donors (Lipinski definition) is 2. The second-order valence-electron chi connectivity index (χ2n) is 10.9. The van der Waals surface area contributed by atoms with E-state index in [1.54, 1.807) is 18.5 Å². The molecule has 0 bridgehead atoms. The number of anilines is 2. The Kier molecular flexibility index (Phi) is 7.73. The normalized spacial score (nSPS) is 20.6. The highest BCUT2D eigenvalue weighted by molar-refractivity contribution is 6.35. The van der Waals surface area contributed by atoms with Gasteiger partial charge >= 0.3 is 0 Å². The van der Waals surface area contributed by atoms with E-state index in [0.29, 0.717) is 52.8 Å². The van der Waals surface area contributed by atoms with Crippen molar-refractivity contribution >= 4 is 45.7 Å². The Morgan fingerprint density at radius 2 is 1.85 bits per heavy atom. The molecule has 0 saturated heterocycles. The van der Waals surface area contributed by atoms with E-state index in [-0.39, 0.29) is 5.78 Å². The summed E-state index contributed by atoms with van der Waals surface area (Å²) in [5, 5.41) is 4.60. The van der Waals surface area contributed by atoms with Crippen LogP contribution in [0, 0.1) is 11.8 Å². The van der Waals surface area contributed by atoms with Crippen LogP contribution < -0.4 is 5.32 Å². The average molecular weight is 554 g/mol. The van der Waals surface area contributed by atoms with Crippen LogP contribution in [0.2, 0.25) is 5.02 Å². The molecule has 2 saturated carbocycles. The number of aromatic nitrogens is 4. The van der Waals surface area contributed by atoms with Crippen molar-refractivity contribution in [3.8, 4) is 11.4 Å². The van der Waals surface area contributed by atoms with Gasteiger partial charge in [-0.3, -0.25) is 14.6 Å². The molecule has 7 nitrogen and oxygen atoms in total. The number of Topliss-reactive ketones (excluding diaryl/α,β-unsaturated/α-hetero) is 2. The summed E-state index contributed by atoms with van der Waals surface area (Å²) in [6.07, 6.45) is 14.1. The molecule has 2 fully saturated rings. The van der Waals surface area contributed by atoms with Crippen LogP contribution in [0.1, 0.15) is 68.3 Å². The van der Waals surface area contributed by atoms with E-state index in [1.807, 2.05) is 36.4 Å². The molecule has 0 amide bonds. The number of rotatable bonds is 7. The topological polar surface area (TPSA) is 101 Å². The van der Waals surface area contributed by atoms with E-state index in [1.165, 1.54) is 0 Å². The number of H-pyrrole nitrogens is 1. The molecule has 2 N–H and O–H groups in total. The summed E-state index contributed by atoms with van der Waals surface area (Å²) in [6, 6.07) is 13.1. The number of halogens is 1. The van der Waals surface area contributed by atoms with Crippen LogP contribution in [0.25, 0.3) is 22.3 Å². The summed E-state index contributed by atoms with van der Waals surface area (Å²) >= 11 is 6.61. The highest BCUT2D eigenvalue weighted by Gasteiger charge is 2.25. The molecule has 0 radical (unpaired) electrons. The highest BCUT2D eigenvalue weighted by atomic mass is 35.5. The Bertz CT molecular complexity index is 1570. The minimum absolute atomic E-state index is 0.109. The summed E-state index contributed by atoms with van der Waals surface area (Å²) in [5.41, 5.74) is 4.58. The molecular formula is C32H32ClN5O2. The Balaban J connectivity index is 1.10. The van der Waals surface area contributed by atoms with Crippen molar-refractivity contribution in [2.75, 3.05) is 5.32 Å². The summed E-state index contributed by atoms with van der Waals surface area (Å²) in [6.45, 7) is 0. The lowest BCUT2D eigenvalue weighted by Gasteiger charge is -2.27. The predicted octanol–water partition coefficient (Wildman–Crippen LogP) is 7.87. The van der Waals surface area contributed by atoms with Gasteiger partial charge in [0.15, 0.2) is 11.6 Å². The van der Waals surface area contributed by atoms with E-state index in [4.69, 9.17) is 11.6 Å². The van der Waals surface area contributed by atoms with Crippen LogP contribution in [0.5, 0.6) is 0 Å². The van der Waals surface area contributed by atoms with Gasteiger partial charge in [0.2, 0.25) is 5.95 Å². The predicted molar refractivity (Wildman–Crippen MR) is 158 cm³/mol. The van der Waals surface area contributed by atoms with Crippen molar-refractivity contribution < 1.29 is 9.59 Å². The Hall–Kier alpha value is -3.84. The van der Waals surface area contributed by atoms with Crippen molar-refractivity contribution in [1.82, 2.24) is 19.9 Å². The van der Waals surface area contributed by atoms with E-state index >= 15 is 0 Å². The molecule has 4 aromatic rings. The number of fused-ring (bicyclic) bond motifs is 1. The first kappa shape index (κ1) is 26.4. The highest BCUT2D eigenvalue weighted by Crippen LogP contribution is 2.35. The Morgan fingerprint density at radius 3 is 2.65 bits per heavy atom. The fourth-order valence-corrected chi connectivity index (χ4v) is 6.19. The molecule has 1 aromatic carbocycles. The largest absolute Gasteiger partial charge is 0.351 e. The number of hydrogen-bond acceptors (Lipinski definition) is 6. The number of allylic oxidation sites excluding steroid dienone is 2. The van der Waals surface area contributed by atoms with Gasteiger partial charge in [0, 0.05) is 36.3 Å². The quantitative estimate of drug-likeness (QED) is 0.178. The zero-order valence-electron chi connectivity index (χ0n) is 22.3. The van der Waals surface area contributed by atoms with E-state index < -0.39 is 0 Å². The van der Waals surface area contributed by atoms with Crippen molar-refractivity contribution in [2.45, 2.75) is 57.8 Å². The number of carbonyl (C=O) groups is 2. The third kappa shape index (κ3) is 5.99. The number of aromatic amines is 1. The minimum Gasteiger partial charge on any atom is -0.351 e. The van der Waals surface area contributed by atoms with E-state index in [0.717, 1.165) is 72.8 Å². The summed E-state index contributed by atoms with van der Waals surface area (Å²) < 4.78 is 0. The zero-order chi connectivity index (χ0) is 27.5. The van der Waals surface area contributed by atoms with E-state index in [9.17, 15) is 9.59 Å². The van der Waals surface area contributed by atoms with Gasteiger partial charge in [0.25, 0.3) is 0 Å². The number of pyridine rings is 1. The van der Waals surface area contributed by atoms with Crippen molar-refractivity contribution in [1.29, 1.82) is 0 Å². The molecular weight excluding hydrogens is 522 g/mol. The van der Waals surface area contributed by atoms with Crippen molar-refractivity contribution in [3.05, 3.63) is 77.2 Å². The summed E-state index contributed by atoms with van der Waals surface area (Å²) in [5.74, 6) is 1.72. The lowest BCUT2D eigenvalue weighted by molar-refractivity contribution is -0.116. The molecule has 40 heavy (non-hydrogen) atoms. The SMILES string of the molecule is O=C1CCCCC1=CC1CCC(CC(=O)c2cc3cc(Nc4nccc(-c5ccccn5)n4)cc(Cl)c3[nH]2)CC1. The number of carbonyl (C=O) groups excluding carboxylic acids is 2. The lowest BCUT2D eigenvalue weighted by Crippen LogP contribution is -2.18. The molecule has 3 aromatic heterocycles. The molecule has 0 spiro atoms. The van der Waals surface area contributed by atoms with Gasteiger partial charge in [-0.15, -0.1) is 0 Å². The maximum absolute atomic E-state index is 13.2. The van der Waals surface area contributed by atoms with Crippen LogP contribution in [-0.2, 0) is 4.79 Å². The Morgan fingerprint density at radius 1 is 1.00 bits per heavy atom. The fraction of sp³-hybridized carbons (Fsp3) is 0.344. The first-order valence-electron chi connectivity index (χ1n) is 14.1. The number of ketones is 2. The molecule has 8 heteroatoms. The molecule has 6 rings (SSSR count). The number of nitrogens with zero attached hydrogens (tertiary/aromatic N) is 3. The van der Waals surface area contributed by atoms with Gasteiger partial charge in [-0.2, -0.15) is 0 Å². The molecule has 3 heterocycles. The third-order valence-electron chi connectivity index (χ3n) is 8.08. The van der Waals surface area contributed by atoms with Gasteiger partial charge in [-0.25, -0.2) is 9.97 Å². The smallest absolute Gasteiger partial charge is 0.227 e. The van der Waals surface area contributed by atoms with Gasteiger partial charge < -0.3 is 10.3 Å². The first-order chi connectivity index (χ1) is 19.5. The third-order valence-corrected chi connectivity index (χ3v) is 8.38. The zero-order valence-corrected chi connectivity index (χ0v) is 23.1. The Labute approximate surface area is 238 Å². The van der Waals surface area contributed by atoms with Gasteiger partial charge in [-0.1, -0.05) is 23.7 Å². The van der Waals surface area contributed by atoms with Crippen LogP contribution in [-0.4, -0.2) is 31.5 Å². The molecule has 2 aliphatic rings. The second kappa shape index (κ2) is 11.7. The van der Waals surface area contributed by atoms with E-state index in [2.05, 4.69) is 31.3 Å². The second-order valence-corrected chi connectivity index (χ2v) is 11.3. The molecule has 204 valence electrons. The van der Waals surface area contributed by atoms with Crippen LogP contribution in [0.15, 0.2) is 66.5 Å². The fourth-order valence-electron chi connectivity index (χ4n) is 5.92. The first-order valence-corrected chi connectivity index (χ1v) is 14.5. The summed E-state index contributed by atoms with van der Waals surface area (Å²) in [4.78, 5) is 41.9. The molecule has 0 atom stereocenters. The van der Waals surface area contributed by atoms with Crippen LogP contribution >= 0.6 is 11.6 Å². The standard InChI is InChI=1S/C32H32ClN5O2/c33-25-19-24(36-32-35-14-12-27(38-32)26-6-3-4-13-34-26)17-23-18-28(37-31(23)25)30(40)16-21-10-8-20(9-11-21)15-22-5-1-2-7-29(22)39/h3-4,6,12-15,17-21,37H,1-2,5,7-11,16H2,(H,35,36,38). The van der Waals surface area contributed by atoms with Gasteiger partial charge in [0.05, 0.1) is 27.6 Å². The van der Waals surface area contributed by atoms with Crippen molar-refractivity contribution in [2.24, 2.45) is 11.8 Å². The van der Waals surface area contributed by atoms with Crippen LogP contribution in [0.3, 0.4) is 0 Å². The van der Waals surface area contributed by atoms with Crippen LogP contribution in [0.4, 0.5) is 11.6 Å². The molecule has 0 aliphatic heterocycles. The lowest BCUT2D eigenvalue weighted by atomic mass is 9.78. The number of nitrogens with one attached hydrogen (secondary N) is 2. The molecule has 0 unspecified atom stereocenters.